The van der Waals surface area contributed by atoms with Crippen molar-refractivity contribution in [3.63, 3.8) is 0 Å². The molecule has 0 spiro atoms. The summed E-state index contributed by atoms with van der Waals surface area (Å²) >= 11 is 0. The van der Waals surface area contributed by atoms with E-state index in [1.807, 2.05) is 24.7 Å². The van der Waals surface area contributed by atoms with E-state index in [4.69, 9.17) is 5.11 Å². The van der Waals surface area contributed by atoms with Crippen molar-refractivity contribution >= 4 is 5.97 Å². The molecular formula is C11H17N3O2. The molecule has 0 saturated carbocycles. The molecule has 0 amide bonds. The van der Waals surface area contributed by atoms with Crippen molar-refractivity contribution in [2.24, 2.45) is 18.9 Å². The Hall–Kier alpha value is -1.36. The summed E-state index contributed by atoms with van der Waals surface area (Å²) in [7, 11) is 1.95. The van der Waals surface area contributed by atoms with E-state index in [-0.39, 0.29) is 11.8 Å². The molecule has 0 bridgehead atoms. The highest BCUT2D eigenvalue weighted by Crippen LogP contribution is 2.24. The summed E-state index contributed by atoms with van der Waals surface area (Å²) in [6.07, 6.45) is 3.67. The minimum absolute atomic E-state index is 0.220. The van der Waals surface area contributed by atoms with Crippen LogP contribution in [-0.2, 0) is 18.4 Å². The molecule has 0 unspecified atom stereocenters. The molecule has 2 rings (SSSR count). The molecule has 1 saturated heterocycles. The number of hydrogen-bond donors (Lipinski definition) is 1. The Kier molecular flexibility index (Phi) is 2.96. The van der Waals surface area contributed by atoms with Crippen molar-refractivity contribution in [1.82, 2.24) is 14.5 Å². The quantitative estimate of drug-likeness (QED) is 0.814. The van der Waals surface area contributed by atoms with Crippen LogP contribution >= 0.6 is 0 Å². The van der Waals surface area contributed by atoms with Crippen LogP contribution in [0.1, 0.15) is 12.7 Å². The number of hydrogen-bond acceptors (Lipinski definition) is 3. The highest BCUT2D eigenvalue weighted by molar-refractivity contribution is 5.71. The maximum absolute atomic E-state index is 11.0. The summed E-state index contributed by atoms with van der Waals surface area (Å²) < 4.78 is 1.97. The number of imidazole rings is 1. The minimum atomic E-state index is -0.685. The van der Waals surface area contributed by atoms with Crippen molar-refractivity contribution < 1.29 is 9.90 Å². The Balaban J connectivity index is 1.99. The van der Waals surface area contributed by atoms with E-state index in [0.29, 0.717) is 6.54 Å². The lowest BCUT2D eigenvalue weighted by Crippen LogP contribution is -2.24. The van der Waals surface area contributed by atoms with E-state index in [2.05, 4.69) is 9.88 Å². The Morgan fingerprint density at radius 2 is 2.38 bits per heavy atom. The zero-order valence-corrected chi connectivity index (χ0v) is 9.63. The second kappa shape index (κ2) is 4.25. The molecule has 16 heavy (non-hydrogen) atoms. The highest BCUT2D eigenvalue weighted by Gasteiger charge is 2.34. The molecule has 1 N–H and O–H groups in total. The molecule has 1 aliphatic rings. The van der Waals surface area contributed by atoms with E-state index in [0.717, 1.165) is 18.9 Å². The van der Waals surface area contributed by atoms with Crippen LogP contribution in [0.15, 0.2) is 12.4 Å². The van der Waals surface area contributed by atoms with Crippen LogP contribution in [0.25, 0.3) is 0 Å². The Bertz CT molecular complexity index is 388. The van der Waals surface area contributed by atoms with Crippen molar-refractivity contribution in [3.05, 3.63) is 18.2 Å². The third-order valence-corrected chi connectivity index (χ3v) is 3.29. The molecule has 0 aliphatic carbocycles. The van der Waals surface area contributed by atoms with Crippen LogP contribution in [0.4, 0.5) is 0 Å². The molecule has 1 aromatic rings. The summed E-state index contributed by atoms with van der Waals surface area (Å²) in [5, 5.41) is 9.03. The lowest BCUT2D eigenvalue weighted by molar-refractivity contribution is -0.142. The molecule has 2 atom stereocenters. The highest BCUT2D eigenvalue weighted by atomic mass is 16.4. The predicted molar refractivity (Wildman–Crippen MR) is 58.8 cm³/mol. The number of aliphatic carboxylic acids is 1. The van der Waals surface area contributed by atoms with Gasteiger partial charge in [-0.05, 0) is 5.92 Å². The second-order valence-corrected chi connectivity index (χ2v) is 4.57. The van der Waals surface area contributed by atoms with Crippen molar-refractivity contribution in [2.75, 3.05) is 13.1 Å². The van der Waals surface area contributed by atoms with Crippen LogP contribution < -0.4 is 0 Å². The van der Waals surface area contributed by atoms with Gasteiger partial charge in [-0.25, -0.2) is 4.98 Å². The van der Waals surface area contributed by atoms with Crippen molar-refractivity contribution in [3.8, 4) is 0 Å². The van der Waals surface area contributed by atoms with Gasteiger partial charge in [-0.2, -0.15) is 0 Å². The second-order valence-electron chi connectivity index (χ2n) is 4.57. The lowest BCUT2D eigenvalue weighted by Gasteiger charge is -2.14. The molecule has 2 heterocycles. The van der Waals surface area contributed by atoms with Crippen molar-refractivity contribution in [1.29, 1.82) is 0 Å². The minimum Gasteiger partial charge on any atom is -0.481 e. The first-order valence-corrected chi connectivity index (χ1v) is 5.49. The van der Waals surface area contributed by atoms with Gasteiger partial charge >= 0.3 is 5.97 Å². The maximum Gasteiger partial charge on any atom is 0.308 e. The van der Waals surface area contributed by atoms with E-state index in [9.17, 15) is 4.79 Å². The third-order valence-electron chi connectivity index (χ3n) is 3.29. The summed E-state index contributed by atoms with van der Waals surface area (Å²) in [5.74, 6) is 0.283. The molecule has 1 aliphatic heterocycles. The van der Waals surface area contributed by atoms with Gasteiger partial charge in [0.15, 0.2) is 0 Å². The number of carboxylic acid groups (broad SMARTS) is 1. The number of carboxylic acids is 1. The molecule has 1 fully saturated rings. The fourth-order valence-electron chi connectivity index (χ4n) is 2.27. The average Bonchev–Trinajstić information content (AvgIpc) is 2.75. The third kappa shape index (κ3) is 2.09. The fraction of sp³-hybridized carbons (Fsp3) is 0.636. The molecule has 1 aromatic heterocycles. The maximum atomic E-state index is 11.0. The molecule has 88 valence electrons. The molecule has 5 nitrogen and oxygen atoms in total. The average molecular weight is 223 g/mol. The molecule has 5 heteroatoms. The van der Waals surface area contributed by atoms with Crippen molar-refractivity contribution in [2.45, 2.75) is 13.5 Å². The number of carbonyl (C=O) groups is 1. The number of rotatable bonds is 3. The number of nitrogens with zero attached hydrogens (tertiary/aromatic N) is 3. The fourth-order valence-corrected chi connectivity index (χ4v) is 2.27. The van der Waals surface area contributed by atoms with Crippen LogP contribution in [-0.4, -0.2) is 38.6 Å². The van der Waals surface area contributed by atoms with Crippen LogP contribution in [0.3, 0.4) is 0 Å². The van der Waals surface area contributed by atoms with Gasteiger partial charge in [0.05, 0.1) is 12.5 Å². The molecular weight excluding hydrogens is 206 g/mol. The predicted octanol–water partition coefficient (Wildman–Crippen LogP) is 0.573. The first-order valence-electron chi connectivity index (χ1n) is 5.49. The van der Waals surface area contributed by atoms with Gasteiger partial charge in [-0.3, -0.25) is 9.69 Å². The largest absolute Gasteiger partial charge is 0.481 e. The number of aromatic nitrogens is 2. The summed E-state index contributed by atoms with van der Waals surface area (Å²) in [6.45, 7) is 4.20. The van der Waals surface area contributed by atoms with E-state index in [1.165, 1.54) is 0 Å². The van der Waals surface area contributed by atoms with Gasteiger partial charge in [-0.15, -0.1) is 0 Å². The molecule has 0 aromatic carbocycles. The smallest absolute Gasteiger partial charge is 0.308 e. The summed E-state index contributed by atoms with van der Waals surface area (Å²) in [6, 6.07) is 0. The van der Waals surface area contributed by atoms with E-state index >= 15 is 0 Å². The standard InChI is InChI=1S/C11H17N3O2/c1-8-5-14(6-9(8)11(15)16)7-10-12-3-4-13(10)2/h3-4,8-9H,5-7H2,1-2H3,(H,15,16)/t8-,9-/m1/s1. The van der Waals surface area contributed by atoms with Gasteiger partial charge in [0.25, 0.3) is 0 Å². The van der Waals surface area contributed by atoms with Crippen LogP contribution in [0.5, 0.6) is 0 Å². The zero-order chi connectivity index (χ0) is 11.7. The Morgan fingerprint density at radius 1 is 1.62 bits per heavy atom. The summed E-state index contributed by atoms with van der Waals surface area (Å²) in [5.41, 5.74) is 0. The van der Waals surface area contributed by atoms with Gasteiger partial charge in [0.1, 0.15) is 5.82 Å². The lowest BCUT2D eigenvalue weighted by atomic mass is 9.99. The van der Waals surface area contributed by atoms with E-state index < -0.39 is 5.97 Å². The zero-order valence-electron chi connectivity index (χ0n) is 9.63. The Labute approximate surface area is 94.7 Å². The van der Waals surface area contributed by atoms with Gasteiger partial charge in [0, 0.05) is 32.5 Å². The van der Waals surface area contributed by atoms with Crippen LogP contribution in [0.2, 0.25) is 0 Å². The van der Waals surface area contributed by atoms with Gasteiger partial charge < -0.3 is 9.67 Å². The van der Waals surface area contributed by atoms with Gasteiger partial charge in [-0.1, -0.05) is 6.92 Å². The topological polar surface area (TPSA) is 58.4 Å². The Morgan fingerprint density at radius 3 is 2.88 bits per heavy atom. The van der Waals surface area contributed by atoms with Crippen LogP contribution in [0, 0.1) is 11.8 Å². The van der Waals surface area contributed by atoms with E-state index in [1.54, 1.807) is 6.20 Å². The number of likely N-dealkylation sites (tertiary alicyclic amines) is 1. The normalized spacial score (nSPS) is 26.1. The SMILES string of the molecule is C[C@@H]1CN(Cc2nccn2C)C[C@H]1C(=O)O. The number of aryl methyl sites for hydroxylation is 1. The monoisotopic (exact) mass is 223 g/mol. The first-order chi connectivity index (χ1) is 7.58. The first kappa shape index (κ1) is 11.1. The van der Waals surface area contributed by atoms with Gasteiger partial charge in [0.2, 0.25) is 0 Å². The summed E-state index contributed by atoms with van der Waals surface area (Å²) in [4.78, 5) is 17.4. The molecule has 0 radical (unpaired) electrons.